The minimum atomic E-state index is -3.38. The minimum absolute atomic E-state index is 0.0821. The Bertz CT molecular complexity index is 1360. The highest BCUT2D eigenvalue weighted by Gasteiger charge is 2.24. The van der Waals surface area contributed by atoms with Crippen LogP contribution in [0.5, 0.6) is 0 Å². The fourth-order valence-corrected chi connectivity index (χ4v) is 5.53. The predicted octanol–water partition coefficient (Wildman–Crippen LogP) is 5.18. The molecule has 2 N–H and O–H groups in total. The third kappa shape index (κ3) is 7.99. The van der Waals surface area contributed by atoms with Crippen LogP contribution in [-0.2, 0) is 32.4 Å². The summed E-state index contributed by atoms with van der Waals surface area (Å²) in [6, 6.07) is 15.9. The molecule has 37 heavy (non-hydrogen) atoms. The Hall–Kier alpha value is -3.01. The quantitative estimate of drug-likeness (QED) is 0.326. The van der Waals surface area contributed by atoms with Crippen molar-refractivity contribution >= 4 is 33.1 Å². The summed E-state index contributed by atoms with van der Waals surface area (Å²) >= 11 is 1.73. The number of aryl methyl sites for hydroxylation is 2. The number of carbonyl (C=O) groups is 2. The summed E-state index contributed by atoms with van der Waals surface area (Å²) < 4.78 is 29.2. The molecule has 2 aromatic carbocycles. The zero-order valence-electron chi connectivity index (χ0n) is 21.5. The highest BCUT2D eigenvalue weighted by molar-refractivity contribution is 7.90. The summed E-state index contributed by atoms with van der Waals surface area (Å²) in [5.74, 6) is -2.20. The lowest BCUT2D eigenvalue weighted by Gasteiger charge is -2.18. The highest BCUT2D eigenvalue weighted by atomic mass is 32.2. The van der Waals surface area contributed by atoms with Crippen LogP contribution in [0.15, 0.2) is 54.6 Å². The number of thiophene rings is 1. The van der Waals surface area contributed by atoms with Crippen molar-refractivity contribution in [1.29, 1.82) is 0 Å². The molecule has 7 nitrogen and oxygen atoms in total. The molecule has 0 aliphatic carbocycles. The van der Waals surface area contributed by atoms with Crippen molar-refractivity contribution in [3.8, 4) is 11.1 Å². The standard InChI is InChI=1S/C28H33NO6S2/c1-5-21-11-13-26(36-21)19(3)35-17-20-10-12-23(24(16-20)22-9-7-6-8-18(22)2)27(30)29-25(28(31)32)14-15-37(4,33)34/h6-13,16,19,25H,5,14-15,17H2,1-4H3,(H,29,30)(H,31,32). The lowest BCUT2D eigenvalue weighted by atomic mass is 9.93. The van der Waals surface area contributed by atoms with E-state index in [2.05, 4.69) is 24.4 Å². The second-order valence-corrected chi connectivity index (χ2v) is 12.5. The van der Waals surface area contributed by atoms with Crippen molar-refractivity contribution in [1.82, 2.24) is 5.32 Å². The van der Waals surface area contributed by atoms with Gasteiger partial charge in [-0.05, 0) is 73.2 Å². The van der Waals surface area contributed by atoms with Crippen molar-refractivity contribution < 1.29 is 27.9 Å². The van der Waals surface area contributed by atoms with Gasteiger partial charge in [0.15, 0.2) is 0 Å². The van der Waals surface area contributed by atoms with Crippen molar-refractivity contribution in [3.63, 3.8) is 0 Å². The topological polar surface area (TPSA) is 110 Å². The van der Waals surface area contributed by atoms with E-state index in [0.29, 0.717) is 17.7 Å². The van der Waals surface area contributed by atoms with E-state index in [-0.39, 0.29) is 18.3 Å². The van der Waals surface area contributed by atoms with E-state index in [1.165, 1.54) is 4.88 Å². The van der Waals surface area contributed by atoms with E-state index in [1.807, 2.05) is 44.2 Å². The molecule has 0 saturated carbocycles. The monoisotopic (exact) mass is 543 g/mol. The van der Waals surface area contributed by atoms with Gasteiger partial charge >= 0.3 is 5.97 Å². The number of hydrogen-bond acceptors (Lipinski definition) is 6. The van der Waals surface area contributed by atoms with Gasteiger partial charge in [0.25, 0.3) is 5.91 Å². The Morgan fingerprint density at radius 1 is 1.08 bits per heavy atom. The summed E-state index contributed by atoms with van der Waals surface area (Å²) in [4.78, 5) is 27.4. The van der Waals surface area contributed by atoms with E-state index < -0.39 is 27.8 Å². The fourth-order valence-electron chi connectivity index (χ4n) is 3.91. The second-order valence-electron chi connectivity index (χ2n) is 9.09. The number of ether oxygens (including phenoxy) is 1. The van der Waals surface area contributed by atoms with Gasteiger partial charge in [-0.1, -0.05) is 37.3 Å². The van der Waals surface area contributed by atoms with Gasteiger partial charge in [-0.3, -0.25) is 4.79 Å². The maximum Gasteiger partial charge on any atom is 0.326 e. The molecule has 1 aromatic heterocycles. The van der Waals surface area contributed by atoms with Crippen molar-refractivity contribution in [2.75, 3.05) is 12.0 Å². The van der Waals surface area contributed by atoms with E-state index in [9.17, 15) is 23.1 Å². The SMILES string of the molecule is CCc1ccc(C(C)OCc2ccc(C(=O)NC(CCS(C)(=O)=O)C(=O)O)c(-c3ccccc3C)c2)s1. The van der Waals surface area contributed by atoms with Crippen LogP contribution in [0.1, 0.15) is 57.6 Å². The maximum absolute atomic E-state index is 13.2. The normalized spacial score (nSPS) is 13.2. The summed E-state index contributed by atoms with van der Waals surface area (Å²) in [6.07, 6.45) is 1.72. The van der Waals surface area contributed by atoms with E-state index in [0.717, 1.165) is 34.2 Å². The van der Waals surface area contributed by atoms with Crippen LogP contribution in [0.3, 0.4) is 0 Å². The first-order chi connectivity index (χ1) is 17.5. The lowest BCUT2D eigenvalue weighted by Crippen LogP contribution is -2.42. The molecule has 0 saturated heterocycles. The molecule has 1 amide bonds. The first-order valence-electron chi connectivity index (χ1n) is 12.1. The number of carbonyl (C=O) groups excluding carboxylic acids is 1. The first kappa shape index (κ1) is 28.6. The summed E-state index contributed by atoms with van der Waals surface area (Å²) in [5.41, 5.74) is 3.64. The minimum Gasteiger partial charge on any atom is -0.480 e. The molecule has 3 aromatic rings. The third-order valence-corrected chi connectivity index (χ3v) is 8.44. The Balaban J connectivity index is 1.87. The van der Waals surface area contributed by atoms with Gasteiger partial charge < -0.3 is 15.2 Å². The van der Waals surface area contributed by atoms with Crippen molar-refractivity contribution in [2.24, 2.45) is 0 Å². The van der Waals surface area contributed by atoms with Crippen molar-refractivity contribution in [3.05, 3.63) is 81.0 Å². The fraction of sp³-hybridized carbons (Fsp3) is 0.357. The number of hydrogen-bond donors (Lipinski definition) is 2. The molecule has 0 spiro atoms. The summed E-state index contributed by atoms with van der Waals surface area (Å²) in [5, 5.41) is 12.0. The Labute approximate surface area is 222 Å². The summed E-state index contributed by atoms with van der Waals surface area (Å²) in [6.45, 7) is 6.41. The van der Waals surface area contributed by atoms with Gasteiger partial charge in [-0.25, -0.2) is 13.2 Å². The highest BCUT2D eigenvalue weighted by Crippen LogP contribution is 2.30. The Kier molecular flexibility index (Phi) is 9.64. The van der Waals surface area contributed by atoms with Crippen LogP contribution in [0.4, 0.5) is 0 Å². The van der Waals surface area contributed by atoms with Gasteiger partial charge in [0.1, 0.15) is 15.9 Å². The number of carboxylic acids is 1. The number of nitrogens with one attached hydrogen (secondary N) is 1. The molecular weight excluding hydrogens is 510 g/mol. The summed E-state index contributed by atoms with van der Waals surface area (Å²) in [7, 11) is -3.38. The number of sulfone groups is 1. The molecule has 0 aliphatic rings. The second kappa shape index (κ2) is 12.5. The molecule has 2 unspecified atom stereocenters. The molecule has 2 atom stereocenters. The number of aliphatic carboxylic acids is 1. The Morgan fingerprint density at radius 2 is 1.81 bits per heavy atom. The molecular formula is C28H33NO6S2. The van der Waals surface area contributed by atoms with Gasteiger partial charge in [0.05, 0.1) is 18.5 Å². The average Bonchev–Trinajstić information content (AvgIpc) is 3.34. The van der Waals surface area contributed by atoms with Gasteiger partial charge in [0, 0.05) is 21.6 Å². The number of rotatable bonds is 12. The smallest absolute Gasteiger partial charge is 0.326 e. The van der Waals surface area contributed by atoms with Gasteiger partial charge in [-0.2, -0.15) is 0 Å². The zero-order chi connectivity index (χ0) is 27.2. The van der Waals surface area contributed by atoms with Crippen LogP contribution < -0.4 is 5.32 Å². The van der Waals surface area contributed by atoms with E-state index >= 15 is 0 Å². The third-order valence-electron chi connectivity index (χ3n) is 6.08. The van der Waals surface area contributed by atoms with E-state index in [1.54, 1.807) is 23.5 Å². The molecule has 0 radical (unpaired) electrons. The van der Waals surface area contributed by atoms with Crippen LogP contribution >= 0.6 is 11.3 Å². The molecule has 0 bridgehead atoms. The van der Waals surface area contributed by atoms with Crippen LogP contribution in [0.25, 0.3) is 11.1 Å². The van der Waals surface area contributed by atoms with Crippen LogP contribution in [0, 0.1) is 6.92 Å². The number of benzene rings is 2. The molecule has 0 fully saturated rings. The lowest BCUT2D eigenvalue weighted by molar-refractivity contribution is -0.139. The zero-order valence-corrected chi connectivity index (χ0v) is 23.1. The van der Waals surface area contributed by atoms with Crippen LogP contribution in [0.2, 0.25) is 0 Å². The molecule has 0 aliphatic heterocycles. The molecule has 1 heterocycles. The number of amides is 1. The van der Waals surface area contributed by atoms with Crippen molar-refractivity contribution in [2.45, 2.75) is 52.4 Å². The van der Waals surface area contributed by atoms with E-state index in [4.69, 9.17) is 4.74 Å². The van der Waals surface area contributed by atoms with Gasteiger partial charge in [-0.15, -0.1) is 11.3 Å². The predicted molar refractivity (Wildman–Crippen MR) is 147 cm³/mol. The molecule has 9 heteroatoms. The average molecular weight is 544 g/mol. The van der Waals surface area contributed by atoms with Gasteiger partial charge in [0.2, 0.25) is 0 Å². The molecule has 198 valence electrons. The molecule has 3 rings (SSSR count). The van der Waals surface area contributed by atoms with Crippen LogP contribution in [-0.4, -0.2) is 43.5 Å². The maximum atomic E-state index is 13.2. The first-order valence-corrected chi connectivity index (χ1v) is 15.0. The Morgan fingerprint density at radius 3 is 2.43 bits per heavy atom. The largest absolute Gasteiger partial charge is 0.480 e. The number of carboxylic acid groups (broad SMARTS) is 1.